The van der Waals surface area contributed by atoms with Crippen LogP contribution in [0.25, 0.3) is 11.1 Å². The number of nitrogens with zero attached hydrogens (tertiary/aromatic N) is 3. The van der Waals surface area contributed by atoms with Crippen LogP contribution in [0.15, 0.2) is 47.3 Å². The van der Waals surface area contributed by atoms with Gasteiger partial charge in [0.25, 0.3) is 5.91 Å². The number of carbonyl (C=O) groups is 1. The van der Waals surface area contributed by atoms with Gasteiger partial charge in [-0.15, -0.1) is 0 Å². The Morgan fingerprint density at radius 2 is 2.04 bits per heavy atom. The molecule has 1 amide bonds. The van der Waals surface area contributed by atoms with E-state index in [1.807, 2.05) is 29.2 Å². The van der Waals surface area contributed by atoms with Gasteiger partial charge in [-0.1, -0.05) is 12.1 Å². The minimum atomic E-state index is 0.0879. The van der Waals surface area contributed by atoms with Gasteiger partial charge in [0.15, 0.2) is 0 Å². The lowest BCUT2D eigenvalue weighted by atomic mass is 9.98. The zero-order valence-electron chi connectivity index (χ0n) is 15.5. The molecule has 3 atom stereocenters. The molecule has 7 heteroatoms. The molecule has 3 aromatic rings. The molecule has 1 saturated carbocycles. The Morgan fingerprint density at radius 3 is 2.86 bits per heavy atom. The number of hydrogen-bond acceptors (Lipinski definition) is 6. The predicted molar refractivity (Wildman–Crippen MR) is 103 cm³/mol. The number of hydrogen-bond donors (Lipinski definition) is 1. The van der Waals surface area contributed by atoms with Crippen LogP contribution in [0, 0.1) is 11.8 Å². The van der Waals surface area contributed by atoms with Crippen molar-refractivity contribution in [1.29, 1.82) is 0 Å². The number of furan rings is 1. The topological polar surface area (TPSA) is 94.5 Å². The smallest absolute Gasteiger partial charge is 0.253 e. The highest BCUT2D eigenvalue weighted by Gasteiger charge is 2.42. The number of ether oxygens (including phenoxy) is 1. The number of rotatable bonds is 4. The van der Waals surface area contributed by atoms with Gasteiger partial charge in [0, 0.05) is 24.7 Å². The van der Waals surface area contributed by atoms with Crippen LogP contribution in [0.4, 0.5) is 0 Å². The summed E-state index contributed by atoms with van der Waals surface area (Å²) in [4.78, 5) is 23.0. The molecule has 5 rings (SSSR count). The van der Waals surface area contributed by atoms with E-state index in [4.69, 9.17) is 14.9 Å². The fourth-order valence-electron chi connectivity index (χ4n) is 4.43. The molecular formula is C21H22N4O3. The van der Waals surface area contributed by atoms with Crippen molar-refractivity contribution in [3.63, 3.8) is 0 Å². The average Bonchev–Trinajstić information content (AvgIpc) is 3.44. The van der Waals surface area contributed by atoms with E-state index in [9.17, 15) is 4.79 Å². The quantitative estimate of drug-likeness (QED) is 0.750. The fraction of sp³-hybridized carbons (Fsp3) is 0.381. The monoisotopic (exact) mass is 378 g/mol. The number of amides is 1. The normalized spacial score (nSPS) is 23.9. The van der Waals surface area contributed by atoms with Gasteiger partial charge < -0.3 is 19.8 Å². The van der Waals surface area contributed by atoms with E-state index < -0.39 is 0 Å². The van der Waals surface area contributed by atoms with E-state index in [1.54, 1.807) is 12.3 Å². The summed E-state index contributed by atoms with van der Waals surface area (Å²) in [5.41, 5.74) is 8.35. The standard InChI is InChI=1S/C21H22N4O3/c22-18-6-5-15-9-25(10-17(15)18)21(26)14-3-1-13(2-4-14)11-28-20-16-7-8-27-19(16)23-12-24-20/h1-4,7-8,12,15,17-18H,5-6,9-11,22H2. The number of benzene rings is 1. The third-order valence-corrected chi connectivity index (χ3v) is 6.00. The number of carbonyl (C=O) groups excluding carboxylic acids is 1. The molecule has 2 aromatic heterocycles. The Hall–Kier alpha value is -2.93. The van der Waals surface area contributed by atoms with Gasteiger partial charge in [-0.25, -0.2) is 9.97 Å². The maximum atomic E-state index is 12.8. The summed E-state index contributed by atoms with van der Waals surface area (Å²) in [7, 11) is 0. The second-order valence-electron chi connectivity index (χ2n) is 7.68. The molecule has 2 fully saturated rings. The molecule has 3 unspecified atom stereocenters. The number of aromatic nitrogens is 2. The second-order valence-corrected chi connectivity index (χ2v) is 7.68. The first kappa shape index (κ1) is 17.2. The minimum Gasteiger partial charge on any atom is -0.472 e. The number of fused-ring (bicyclic) bond motifs is 2. The first-order valence-electron chi connectivity index (χ1n) is 9.64. The molecule has 1 aromatic carbocycles. The van der Waals surface area contributed by atoms with Gasteiger partial charge in [-0.3, -0.25) is 4.79 Å². The molecule has 1 aliphatic carbocycles. The second kappa shape index (κ2) is 6.91. The molecule has 2 aliphatic rings. The van der Waals surface area contributed by atoms with Gasteiger partial charge in [0.1, 0.15) is 18.3 Å². The molecule has 28 heavy (non-hydrogen) atoms. The number of nitrogens with two attached hydrogens (primary N) is 1. The van der Waals surface area contributed by atoms with Crippen molar-refractivity contribution in [2.75, 3.05) is 13.1 Å². The Labute approximate surface area is 162 Å². The summed E-state index contributed by atoms with van der Waals surface area (Å²) in [6.07, 6.45) is 5.20. The van der Waals surface area contributed by atoms with Crippen molar-refractivity contribution in [2.45, 2.75) is 25.5 Å². The molecule has 7 nitrogen and oxygen atoms in total. The SMILES string of the molecule is NC1CCC2CN(C(=O)c3ccc(COc4ncnc5occc45)cc3)CC12. The number of likely N-dealkylation sites (tertiary alicyclic amines) is 1. The van der Waals surface area contributed by atoms with Crippen LogP contribution in [-0.2, 0) is 6.61 Å². The molecule has 0 bridgehead atoms. The summed E-state index contributed by atoms with van der Waals surface area (Å²) >= 11 is 0. The zero-order valence-corrected chi connectivity index (χ0v) is 15.5. The first-order valence-corrected chi connectivity index (χ1v) is 9.64. The van der Waals surface area contributed by atoms with Crippen LogP contribution >= 0.6 is 0 Å². The average molecular weight is 378 g/mol. The lowest BCUT2D eigenvalue weighted by molar-refractivity contribution is 0.0779. The van der Waals surface area contributed by atoms with Crippen LogP contribution in [0.2, 0.25) is 0 Å². The van der Waals surface area contributed by atoms with Gasteiger partial charge in [0.2, 0.25) is 11.6 Å². The van der Waals surface area contributed by atoms with Crippen molar-refractivity contribution in [2.24, 2.45) is 17.6 Å². The molecule has 3 heterocycles. The van der Waals surface area contributed by atoms with Gasteiger partial charge in [0.05, 0.1) is 6.26 Å². The van der Waals surface area contributed by atoms with Crippen LogP contribution in [-0.4, -0.2) is 39.9 Å². The van der Waals surface area contributed by atoms with E-state index >= 15 is 0 Å². The molecule has 1 saturated heterocycles. The molecule has 144 valence electrons. The van der Waals surface area contributed by atoms with E-state index in [0.29, 0.717) is 35.6 Å². The minimum absolute atomic E-state index is 0.0879. The lowest BCUT2D eigenvalue weighted by Crippen LogP contribution is -2.33. The van der Waals surface area contributed by atoms with E-state index in [2.05, 4.69) is 9.97 Å². The zero-order chi connectivity index (χ0) is 19.1. The Bertz CT molecular complexity index is 1000. The van der Waals surface area contributed by atoms with E-state index in [-0.39, 0.29) is 11.9 Å². The van der Waals surface area contributed by atoms with Crippen LogP contribution in [0.3, 0.4) is 0 Å². The summed E-state index contributed by atoms with van der Waals surface area (Å²) in [5, 5.41) is 0.743. The summed E-state index contributed by atoms with van der Waals surface area (Å²) < 4.78 is 11.1. The van der Waals surface area contributed by atoms with Gasteiger partial charge in [-0.05, 0) is 48.4 Å². The molecule has 2 N–H and O–H groups in total. The van der Waals surface area contributed by atoms with E-state index in [0.717, 1.165) is 36.9 Å². The Morgan fingerprint density at radius 1 is 1.18 bits per heavy atom. The maximum absolute atomic E-state index is 12.8. The molecular weight excluding hydrogens is 356 g/mol. The van der Waals surface area contributed by atoms with Gasteiger partial charge >= 0.3 is 0 Å². The van der Waals surface area contributed by atoms with Gasteiger partial charge in [-0.2, -0.15) is 0 Å². The van der Waals surface area contributed by atoms with Crippen molar-refractivity contribution < 1.29 is 13.9 Å². The molecule has 1 aliphatic heterocycles. The first-order chi connectivity index (χ1) is 13.7. The van der Waals surface area contributed by atoms with Crippen molar-refractivity contribution in [1.82, 2.24) is 14.9 Å². The maximum Gasteiger partial charge on any atom is 0.253 e. The third-order valence-electron chi connectivity index (χ3n) is 6.00. The highest BCUT2D eigenvalue weighted by molar-refractivity contribution is 5.94. The predicted octanol–water partition coefficient (Wildman–Crippen LogP) is 2.61. The van der Waals surface area contributed by atoms with Crippen molar-refractivity contribution in [3.8, 4) is 5.88 Å². The summed E-state index contributed by atoms with van der Waals surface area (Å²) in [5.74, 6) is 1.60. The van der Waals surface area contributed by atoms with Crippen molar-refractivity contribution in [3.05, 3.63) is 54.0 Å². The van der Waals surface area contributed by atoms with E-state index in [1.165, 1.54) is 6.33 Å². The largest absolute Gasteiger partial charge is 0.472 e. The molecule has 0 radical (unpaired) electrons. The van der Waals surface area contributed by atoms with Crippen LogP contribution in [0.5, 0.6) is 5.88 Å². The summed E-state index contributed by atoms with van der Waals surface area (Å²) in [6.45, 7) is 1.97. The van der Waals surface area contributed by atoms with Crippen molar-refractivity contribution >= 4 is 17.0 Å². The highest BCUT2D eigenvalue weighted by atomic mass is 16.5. The lowest BCUT2D eigenvalue weighted by Gasteiger charge is -2.19. The fourth-order valence-corrected chi connectivity index (χ4v) is 4.43. The Kier molecular flexibility index (Phi) is 4.24. The summed E-state index contributed by atoms with van der Waals surface area (Å²) in [6, 6.07) is 9.59. The highest BCUT2D eigenvalue weighted by Crippen LogP contribution is 2.37. The van der Waals surface area contributed by atoms with Crippen LogP contribution < -0.4 is 10.5 Å². The van der Waals surface area contributed by atoms with Crippen LogP contribution in [0.1, 0.15) is 28.8 Å². The Balaban J connectivity index is 1.23. The third kappa shape index (κ3) is 3.01. The molecule has 0 spiro atoms.